The Morgan fingerprint density at radius 3 is 2.08 bits per heavy atom. The largest absolute Gasteiger partial charge is 0.207 e. The van der Waals surface area contributed by atoms with Gasteiger partial charge in [0, 0.05) is 5.56 Å². The van der Waals surface area contributed by atoms with Crippen molar-refractivity contribution in [1.29, 1.82) is 0 Å². The van der Waals surface area contributed by atoms with Gasteiger partial charge in [0.1, 0.15) is 11.6 Å². The second kappa shape index (κ2) is 4.32. The minimum atomic E-state index is -0.417. The highest BCUT2D eigenvalue weighted by molar-refractivity contribution is 14.1. The van der Waals surface area contributed by atoms with Crippen molar-refractivity contribution in [3.05, 3.63) is 32.9 Å². The predicted octanol–water partition coefficient (Wildman–Crippen LogP) is 4.36. The van der Waals surface area contributed by atoms with E-state index in [1.54, 1.807) is 22.6 Å². The van der Waals surface area contributed by atoms with Crippen LogP contribution in [-0.2, 0) is 0 Å². The van der Waals surface area contributed by atoms with Gasteiger partial charge in [-0.1, -0.05) is 31.9 Å². The average Bonchev–Trinajstić information content (AvgIpc) is 1.97. The van der Waals surface area contributed by atoms with Crippen LogP contribution in [0.15, 0.2) is 12.1 Å². The second-order valence-corrected chi connectivity index (χ2v) is 6.20. The number of hydrogen-bond donors (Lipinski definition) is 0. The van der Waals surface area contributed by atoms with Gasteiger partial charge in [0.05, 0.1) is 7.31 Å². The van der Waals surface area contributed by atoms with Crippen LogP contribution >= 0.6 is 54.5 Å². The van der Waals surface area contributed by atoms with Crippen LogP contribution < -0.4 is 0 Å². The molecule has 12 heavy (non-hydrogen) atoms. The molecule has 0 amide bonds. The van der Waals surface area contributed by atoms with Gasteiger partial charge in [-0.2, -0.15) is 0 Å². The topological polar surface area (TPSA) is 0 Å². The van der Waals surface area contributed by atoms with E-state index < -0.39 is 11.6 Å². The molecule has 0 saturated heterocycles. The maximum Gasteiger partial charge on any atom is 0.137 e. The molecule has 1 aromatic rings. The van der Waals surface area contributed by atoms with Gasteiger partial charge in [-0.05, 0) is 34.7 Å². The van der Waals surface area contributed by atoms with Crippen molar-refractivity contribution in [1.82, 2.24) is 0 Å². The summed E-state index contributed by atoms with van der Waals surface area (Å²) in [5.74, 6) is -0.824. The molecule has 0 atom stereocenters. The molecule has 0 aliphatic carbocycles. The average molecular weight is 412 g/mol. The summed E-state index contributed by atoms with van der Waals surface area (Å²) in [6, 6.07) is 2.23. The molecule has 0 fully saturated rings. The lowest BCUT2D eigenvalue weighted by Gasteiger charge is -2.07. The number of benzene rings is 1. The lowest BCUT2D eigenvalue weighted by atomic mass is 10.2. The molecule has 0 N–H and O–H groups in total. The van der Waals surface area contributed by atoms with Crippen LogP contribution in [0.2, 0.25) is 0 Å². The Labute approximate surface area is 99.1 Å². The zero-order valence-electron chi connectivity index (χ0n) is 5.62. The Balaban J connectivity index is 3.33. The Bertz CT molecular complexity index is 302. The molecular formula is C7H3Br2F2I. The van der Waals surface area contributed by atoms with E-state index in [1.165, 1.54) is 0 Å². The molecule has 0 nitrogen and oxygen atoms in total. The molecular weight excluding hydrogens is 409 g/mol. The molecule has 0 aliphatic rings. The molecule has 0 aliphatic heterocycles. The zero-order valence-corrected chi connectivity index (χ0v) is 11.0. The molecule has 0 heterocycles. The first-order valence-corrected chi connectivity index (χ1v) is 5.86. The van der Waals surface area contributed by atoms with Crippen LogP contribution in [0.1, 0.15) is 9.30 Å². The van der Waals surface area contributed by atoms with Crippen LogP contribution in [0.5, 0.6) is 0 Å². The Morgan fingerprint density at radius 2 is 1.67 bits per heavy atom. The van der Waals surface area contributed by atoms with E-state index in [-0.39, 0.29) is 3.74 Å². The predicted molar refractivity (Wildman–Crippen MR) is 59.7 cm³/mol. The summed E-state index contributed by atoms with van der Waals surface area (Å²) in [4.78, 5) is 0. The fourth-order valence-corrected chi connectivity index (χ4v) is 3.24. The summed E-state index contributed by atoms with van der Waals surface area (Å²) in [5.41, 5.74) is 0.301. The lowest BCUT2D eigenvalue weighted by Crippen LogP contribution is -1.95. The van der Waals surface area contributed by atoms with Gasteiger partial charge in [0.25, 0.3) is 0 Å². The van der Waals surface area contributed by atoms with Crippen molar-refractivity contribution in [3.63, 3.8) is 0 Å². The van der Waals surface area contributed by atoms with Crippen molar-refractivity contribution in [2.45, 2.75) is 3.74 Å². The third-order valence-electron chi connectivity index (χ3n) is 1.30. The number of halogens is 5. The smallest absolute Gasteiger partial charge is 0.137 e. The Kier molecular flexibility index (Phi) is 3.91. The van der Waals surface area contributed by atoms with Gasteiger partial charge in [-0.3, -0.25) is 0 Å². The first kappa shape index (κ1) is 10.8. The molecule has 0 saturated carbocycles. The van der Waals surface area contributed by atoms with E-state index in [4.69, 9.17) is 0 Å². The molecule has 0 radical (unpaired) electrons. The molecule has 1 aromatic carbocycles. The highest BCUT2D eigenvalue weighted by Gasteiger charge is 2.16. The standard InChI is InChI=1S/C7H3Br2F2I/c8-7(9)5-3(10)1-2-4(11)6(5)12/h1-2,7H. The van der Waals surface area contributed by atoms with Crippen molar-refractivity contribution < 1.29 is 8.78 Å². The third kappa shape index (κ3) is 2.17. The van der Waals surface area contributed by atoms with Crippen molar-refractivity contribution in [2.24, 2.45) is 0 Å². The lowest BCUT2D eigenvalue weighted by molar-refractivity contribution is 0.585. The summed E-state index contributed by atoms with van der Waals surface area (Å²) in [6.07, 6.45) is 0. The van der Waals surface area contributed by atoms with E-state index >= 15 is 0 Å². The SMILES string of the molecule is Fc1ccc(F)c(C(Br)Br)c1I. The van der Waals surface area contributed by atoms with Crippen molar-refractivity contribution in [2.75, 3.05) is 0 Å². The Morgan fingerprint density at radius 1 is 1.17 bits per heavy atom. The molecule has 0 unspecified atom stereocenters. The summed E-state index contributed by atoms with van der Waals surface area (Å²) < 4.78 is 25.9. The number of hydrogen-bond acceptors (Lipinski definition) is 0. The molecule has 66 valence electrons. The second-order valence-electron chi connectivity index (χ2n) is 2.06. The molecule has 0 aromatic heterocycles. The number of alkyl halides is 2. The van der Waals surface area contributed by atoms with Crippen molar-refractivity contribution >= 4 is 54.5 Å². The van der Waals surface area contributed by atoms with Crippen molar-refractivity contribution in [3.8, 4) is 0 Å². The van der Waals surface area contributed by atoms with Gasteiger partial charge in [-0.15, -0.1) is 0 Å². The van der Waals surface area contributed by atoms with Crippen LogP contribution in [0.4, 0.5) is 8.78 Å². The highest BCUT2D eigenvalue weighted by atomic mass is 127. The minimum absolute atomic E-state index is 0.298. The zero-order chi connectivity index (χ0) is 9.30. The Hall–Kier alpha value is 0.770. The first-order chi connectivity index (χ1) is 5.54. The summed E-state index contributed by atoms with van der Waals surface area (Å²) >= 11 is 8.02. The van der Waals surface area contributed by atoms with Gasteiger partial charge in [-0.25, -0.2) is 8.78 Å². The van der Waals surface area contributed by atoms with E-state index in [0.717, 1.165) is 12.1 Å². The van der Waals surface area contributed by atoms with Gasteiger partial charge in [0.2, 0.25) is 0 Å². The van der Waals surface area contributed by atoms with Crippen LogP contribution in [-0.4, -0.2) is 0 Å². The molecule has 0 spiro atoms. The van der Waals surface area contributed by atoms with Crippen LogP contribution in [0.25, 0.3) is 0 Å². The van der Waals surface area contributed by atoms with E-state index in [9.17, 15) is 8.78 Å². The van der Waals surface area contributed by atoms with E-state index in [2.05, 4.69) is 31.9 Å². The molecule has 5 heteroatoms. The third-order valence-corrected chi connectivity index (χ3v) is 3.31. The normalized spacial score (nSPS) is 10.8. The summed E-state index contributed by atoms with van der Waals surface area (Å²) in [5, 5.41) is 0. The number of rotatable bonds is 1. The fraction of sp³-hybridized carbons (Fsp3) is 0.143. The molecule has 1 rings (SSSR count). The summed E-state index contributed by atoms with van der Waals surface area (Å²) in [6.45, 7) is 0. The summed E-state index contributed by atoms with van der Waals surface area (Å²) in [7, 11) is 0. The van der Waals surface area contributed by atoms with Gasteiger partial charge in [0.15, 0.2) is 0 Å². The fourth-order valence-electron chi connectivity index (χ4n) is 0.743. The van der Waals surface area contributed by atoms with E-state index in [0.29, 0.717) is 9.13 Å². The minimum Gasteiger partial charge on any atom is -0.207 e. The van der Waals surface area contributed by atoms with Crippen LogP contribution in [0, 0.1) is 15.2 Å². The molecule has 0 bridgehead atoms. The van der Waals surface area contributed by atoms with Crippen LogP contribution in [0.3, 0.4) is 0 Å². The van der Waals surface area contributed by atoms with E-state index in [1.807, 2.05) is 0 Å². The monoisotopic (exact) mass is 410 g/mol. The maximum atomic E-state index is 13.0. The maximum absolute atomic E-state index is 13.0. The van der Waals surface area contributed by atoms with Gasteiger partial charge < -0.3 is 0 Å². The van der Waals surface area contributed by atoms with Gasteiger partial charge >= 0.3 is 0 Å². The first-order valence-electron chi connectivity index (χ1n) is 2.95. The highest BCUT2D eigenvalue weighted by Crippen LogP contribution is 2.35. The quantitative estimate of drug-likeness (QED) is 0.366.